The normalized spacial score (nSPS) is 11.5. The first-order chi connectivity index (χ1) is 8.74. The summed E-state index contributed by atoms with van der Waals surface area (Å²) >= 11 is 0. The molecule has 0 saturated heterocycles. The molecule has 1 heterocycles. The molecular weight excluding hydrogens is 234 g/mol. The quantitative estimate of drug-likeness (QED) is 0.353. The fraction of sp³-hybridized carbons (Fsp3) is 0.182. The van der Waals surface area contributed by atoms with Gasteiger partial charge in [0.25, 0.3) is 0 Å². The van der Waals surface area contributed by atoms with Gasteiger partial charge in [-0.15, -0.1) is 0 Å². The Balaban J connectivity index is 2.33. The Hall–Kier alpha value is -2.57. The van der Waals surface area contributed by atoms with Crippen molar-refractivity contribution in [3.63, 3.8) is 0 Å². The van der Waals surface area contributed by atoms with E-state index in [1.165, 1.54) is 13.4 Å². The Labute approximate surface area is 104 Å². The van der Waals surface area contributed by atoms with Crippen LogP contribution in [0.1, 0.15) is 11.1 Å². The maximum absolute atomic E-state index is 8.74. The second kappa shape index (κ2) is 5.17. The molecule has 1 aromatic carbocycles. The highest BCUT2D eigenvalue weighted by Gasteiger charge is 2.09. The smallest absolute Gasteiger partial charge is 0.173 e. The van der Waals surface area contributed by atoms with E-state index in [0.717, 1.165) is 5.56 Å². The van der Waals surface area contributed by atoms with E-state index in [4.69, 9.17) is 15.7 Å². The van der Waals surface area contributed by atoms with Gasteiger partial charge in [-0.25, -0.2) is 9.67 Å². The monoisotopic (exact) mass is 247 g/mol. The topological polar surface area (TPSA) is 98.5 Å². The molecule has 0 radical (unpaired) electrons. The van der Waals surface area contributed by atoms with Gasteiger partial charge in [-0.2, -0.15) is 5.10 Å². The highest BCUT2D eigenvalue weighted by atomic mass is 16.5. The van der Waals surface area contributed by atoms with Gasteiger partial charge in [0.2, 0.25) is 0 Å². The number of nitrogens with two attached hydrogens (primary N) is 1. The number of ether oxygens (including phenoxy) is 1. The Morgan fingerprint density at radius 3 is 3.00 bits per heavy atom. The van der Waals surface area contributed by atoms with Crippen molar-refractivity contribution in [3.05, 3.63) is 42.0 Å². The van der Waals surface area contributed by atoms with E-state index >= 15 is 0 Å². The molecule has 94 valence electrons. The molecule has 3 N–H and O–H groups in total. The number of oxime groups is 1. The zero-order valence-electron chi connectivity index (χ0n) is 9.82. The maximum Gasteiger partial charge on any atom is 0.173 e. The molecule has 2 aromatic rings. The summed E-state index contributed by atoms with van der Waals surface area (Å²) in [4.78, 5) is 3.86. The second-order valence-corrected chi connectivity index (χ2v) is 3.61. The van der Waals surface area contributed by atoms with Crippen LogP contribution in [0.15, 0.2) is 36.0 Å². The molecule has 0 fully saturated rings. The largest absolute Gasteiger partial charge is 0.496 e. The fourth-order valence-electron chi connectivity index (χ4n) is 1.61. The van der Waals surface area contributed by atoms with Crippen molar-refractivity contribution < 1.29 is 9.94 Å². The van der Waals surface area contributed by atoms with E-state index in [0.29, 0.717) is 17.9 Å². The van der Waals surface area contributed by atoms with Crippen molar-refractivity contribution in [1.82, 2.24) is 14.8 Å². The SMILES string of the molecule is COc1ccc(Cn2cncn2)cc1C(N)=NO. The lowest BCUT2D eigenvalue weighted by Crippen LogP contribution is -2.15. The van der Waals surface area contributed by atoms with Crippen LogP contribution < -0.4 is 10.5 Å². The first-order valence-corrected chi connectivity index (χ1v) is 5.22. The summed E-state index contributed by atoms with van der Waals surface area (Å²) in [5.41, 5.74) is 7.08. The molecular formula is C11H13N5O2. The molecule has 0 aliphatic rings. The lowest BCUT2D eigenvalue weighted by molar-refractivity contribution is 0.318. The third kappa shape index (κ3) is 2.40. The van der Waals surface area contributed by atoms with Crippen LogP contribution >= 0.6 is 0 Å². The highest BCUT2D eigenvalue weighted by Crippen LogP contribution is 2.20. The molecule has 0 aliphatic heterocycles. The Morgan fingerprint density at radius 1 is 1.56 bits per heavy atom. The summed E-state index contributed by atoms with van der Waals surface area (Å²) in [5.74, 6) is 0.555. The molecule has 18 heavy (non-hydrogen) atoms. The molecule has 0 spiro atoms. The number of rotatable bonds is 4. The third-order valence-corrected chi connectivity index (χ3v) is 2.46. The Morgan fingerprint density at radius 2 is 2.39 bits per heavy atom. The van der Waals surface area contributed by atoms with Crippen LogP contribution in [-0.4, -0.2) is 32.9 Å². The van der Waals surface area contributed by atoms with E-state index in [9.17, 15) is 0 Å². The minimum absolute atomic E-state index is 0.00675. The Kier molecular flexibility index (Phi) is 3.42. The van der Waals surface area contributed by atoms with Gasteiger partial charge >= 0.3 is 0 Å². The molecule has 7 nitrogen and oxygen atoms in total. The zero-order valence-corrected chi connectivity index (χ0v) is 9.82. The van der Waals surface area contributed by atoms with Gasteiger partial charge in [0.05, 0.1) is 19.2 Å². The minimum atomic E-state index is 0.00675. The molecule has 0 unspecified atom stereocenters. The minimum Gasteiger partial charge on any atom is -0.496 e. The zero-order chi connectivity index (χ0) is 13.0. The summed E-state index contributed by atoms with van der Waals surface area (Å²) in [6.45, 7) is 0.551. The Bertz CT molecular complexity index is 551. The lowest BCUT2D eigenvalue weighted by Gasteiger charge is -2.09. The molecule has 1 aromatic heterocycles. The summed E-state index contributed by atoms with van der Waals surface area (Å²) in [7, 11) is 1.53. The van der Waals surface area contributed by atoms with Crippen LogP contribution in [-0.2, 0) is 6.54 Å². The number of benzene rings is 1. The van der Waals surface area contributed by atoms with Crippen LogP contribution in [0.3, 0.4) is 0 Å². The summed E-state index contributed by atoms with van der Waals surface area (Å²) in [6, 6.07) is 5.43. The van der Waals surface area contributed by atoms with Crippen molar-refractivity contribution in [2.75, 3.05) is 7.11 Å². The van der Waals surface area contributed by atoms with Crippen molar-refractivity contribution in [2.45, 2.75) is 6.54 Å². The van der Waals surface area contributed by atoms with Gasteiger partial charge in [-0.3, -0.25) is 0 Å². The van der Waals surface area contributed by atoms with E-state index in [2.05, 4.69) is 15.2 Å². The predicted molar refractivity (Wildman–Crippen MR) is 64.6 cm³/mol. The molecule has 0 amide bonds. The average molecular weight is 247 g/mol. The first-order valence-electron chi connectivity index (χ1n) is 5.22. The van der Waals surface area contributed by atoms with Crippen LogP contribution in [0.4, 0.5) is 0 Å². The maximum atomic E-state index is 8.74. The van der Waals surface area contributed by atoms with E-state index < -0.39 is 0 Å². The van der Waals surface area contributed by atoms with Gasteiger partial charge in [0.1, 0.15) is 18.4 Å². The van der Waals surface area contributed by atoms with Gasteiger partial charge in [0.15, 0.2) is 5.84 Å². The summed E-state index contributed by atoms with van der Waals surface area (Å²) in [5, 5.41) is 15.7. The van der Waals surface area contributed by atoms with E-state index in [-0.39, 0.29) is 5.84 Å². The van der Waals surface area contributed by atoms with E-state index in [1.54, 1.807) is 23.1 Å². The number of hydrogen-bond acceptors (Lipinski definition) is 5. The average Bonchev–Trinajstić information content (AvgIpc) is 2.90. The standard InChI is InChI=1S/C11H13N5O2/c1-18-10-3-2-8(4-9(10)11(12)15-17)5-16-7-13-6-14-16/h2-4,6-7,17H,5H2,1H3,(H2,12,15). The van der Waals surface area contributed by atoms with Gasteiger partial charge in [-0.1, -0.05) is 11.2 Å². The number of amidine groups is 1. The molecule has 0 atom stereocenters. The van der Waals surface area contributed by atoms with Gasteiger partial charge < -0.3 is 15.7 Å². The summed E-state index contributed by atoms with van der Waals surface area (Å²) in [6.07, 6.45) is 3.08. The molecule has 0 aliphatic carbocycles. The third-order valence-electron chi connectivity index (χ3n) is 2.46. The predicted octanol–water partition coefficient (Wildman–Crippen LogP) is 0.429. The van der Waals surface area contributed by atoms with Crippen molar-refractivity contribution >= 4 is 5.84 Å². The van der Waals surface area contributed by atoms with Crippen LogP contribution in [0.25, 0.3) is 0 Å². The van der Waals surface area contributed by atoms with Crippen molar-refractivity contribution in [3.8, 4) is 5.75 Å². The van der Waals surface area contributed by atoms with Crippen molar-refractivity contribution in [2.24, 2.45) is 10.9 Å². The first kappa shape index (κ1) is 11.9. The number of nitrogens with zero attached hydrogens (tertiary/aromatic N) is 4. The summed E-state index contributed by atoms with van der Waals surface area (Å²) < 4.78 is 6.83. The van der Waals surface area contributed by atoms with Crippen LogP contribution in [0.5, 0.6) is 5.75 Å². The lowest BCUT2D eigenvalue weighted by atomic mass is 10.1. The molecule has 0 bridgehead atoms. The second-order valence-electron chi connectivity index (χ2n) is 3.61. The molecule has 7 heteroatoms. The van der Waals surface area contributed by atoms with Gasteiger partial charge in [-0.05, 0) is 17.7 Å². The number of aromatic nitrogens is 3. The van der Waals surface area contributed by atoms with Crippen molar-refractivity contribution in [1.29, 1.82) is 0 Å². The number of hydrogen-bond donors (Lipinski definition) is 2. The molecule has 0 saturated carbocycles. The molecule has 2 rings (SSSR count). The van der Waals surface area contributed by atoms with Gasteiger partial charge in [0, 0.05) is 0 Å². The fourth-order valence-corrected chi connectivity index (χ4v) is 1.61. The van der Waals surface area contributed by atoms with Crippen LogP contribution in [0.2, 0.25) is 0 Å². The highest BCUT2D eigenvalue weighted by molar-refractivity contribution is 5.99. The van der Waals surface area contributed by atoms with Crippen LogP contribution in [0, 0.1) is 0 Å². The number of methoxy groups -OCH3 is 1. The van der Waals surface area contributed by atoms with E-state index in [1.807, 2.05) is 6.07 Å².